The van der Waals surface area contributed by atoms with Gasteiger partial charge in [0.25, 0.3) is 0 Å². The van der Waals surface area contributed by atoms with Crippen LogP contribution >= 0.6 is 11.6 Å². The zero-order chi connectivity index (χ0) is 13.8. The maximum atomic E-state index is 8.98. The number of ether oxygens (including phenoxy) is 1. The second-order valence-electron chi connectivity index (χ2n) is 3.79. The smallest absolute Gasteiger partial charge is 0.328 e. The van der Waals surface area contributed by atoms with Gasteiger partial charge in [0.2, 0.25) is 11.2 Å². The highest BCUT2D eigenvalue weighted by Gasteiger charge is 2.10. The normalized spacial score (nSPS) is 9.79. The fourth-order valence-electron chi connectivity index (χ4n) is 1.31. The lowest BCUT2D eigenvalue weighted by atomic mass is 10.2. The zero-order valence-corrected chi connectivity index (χ0v) is 11.1. The van der Waals surface area contributed by atoms with Gasteiger partial charge in [-0.15, -0.1) is 0 Å². The Bertz CT molecular complexity index is 638. The van der Waals surface area contributed by atoms with Gasteiger partial charge in [-0.1, -0.05) is 12.1 Å². The summed E-state index contributed by atoms with van der Waals surface area (Å²) in [5.74, 6) is 0.751. The molecular weight excluding hydrogens is 266 g/mol. The third-order valence-corrected chi connectivity index (χ3v) is 2.35. The lowest BCUT2D eigenvalue weighted by Crippen LogP contribution is -2.13. The Hall–Kier alpha value is -2.39. The van der Waals surface area contributed by atoms with Crippen LogP contribution in [0.2, 0.25) is 5.28 Å². The van der Waals surface area contributed by atoms with Crippen LogP contribution in [0.4, 0.5) is 5.95 Å². The van der Waals surface area contributed by atoms with Crippen LogP contribution in [0.5, 0.6) is 11.8 Å². The topological polar surface area (TPSA) is 74.9 Å². The summed E-state index contributed by atoms with van der Waals surface area (Å²) in [6, 6.07) is 8.88. The summed E-state index contributed by atoms with van der Waals surface area (Å²) < 4.78 is 5.48. The SMILES string of the molecule is CN(C)c1nc(Cl)nc(Oc2ccccc2C#N)n1. The maximum Gasteiger partial charge on any atom is 0.328 e. The molecule has 0 amide bonds. The average Bonchev–Trinajstić information content (AvgIpc) is 2.38. The molecule has 0 radical (unpaired) electrons. The lowest BCUT2D eigenvalue weighted by molar-refractivity contribution is 0.438. The Labute approximate surface area is 115 Å². The summed E-state index contributed by atoms with van der Waals surface area (Å²) in [7, 11) is 3.55. The minimum absolute atomic E-state index is 0.0307. The molecule has 0 saturated heterocycles. The molecule has 0 bridgehead atoms. The van der Waals surface area contributed by atoms with Gasteiger partial charge in [0.1, 0.15) is 11.8 Å². The van der Waals surface area contributed by atoms with Crippen LogP contribution in [0.3, 0.4) is 0 Å². The summed E-state index contributed by atoms with van der Waals surface area (Å²) in [5, 5.41) is 9.01. The Kier molecular flexibility index (Phi) is 3.78. The fourth-order valence-corrected chi connectivity index (χ4v) is 1.46. The Morgan fingerprint density at radius 2 is 1.95 bits per heavy atom. The van der Waals surface area contributed by atoms with Crippen molar-refractivity contribution in [3.8, 4) is 17.8 Å². The van der Waals surface area contributed by atoms with E-state index >= 15 is 0 Å². The van der Waals surface area contributed by atoms with Crippen LogP contribution in [0, 0.1) is 11.3 Å². The van der Waals surface area contributed by atoms with Gasteiger partial charge in [0.15, 0.2) is 0 Å². The number of halogens is 1. The van der Waals surface area contributed by atoms with Gasteiger partial charge < -0.3 is 9.64 Å². The highest BCUT2D eigenvalue weighted by molar-refractivity contribution is 6.28. The lowest BCUT2D eigenvalue weighted by Gasteiger charge is -2.11. The van der Waals surface area contributed by atoms with Crippen molar-refractivity contribution in [1.29, 1.82) is 5.26 Å². The molecule has 6 nitrogen and oxygen atoms in total. The molecule has 0 fully saturated rings. The van der Waals surface area contributed by atoms with Gasteiger partial charge in [-0.2, -0.15) is 20.2 Å². The number of hydrogen-bond donors (Lipinski definition) is 0. The molecule has 1 aromatic heterocycles. The summed E-state index contributed by atoms with van der Waals surface area (Å²) >= 11 is 5.80. The Morgan fingerprint density at radius 1 is 1.21 bits per heavy atom. The molecule has 19 heavy (non-hydrogen) atoms. The number of anilines is 1. The van der Waals surface area contributed by atoms with Gasteiger partial charge >= 0.3 is 6.01 Å². The van der Waals surface area contributed by atoms with E-state index in [1.54, 1.807) is 43.3 Å². The Balaban J connectivity index is 2.36. The molecule has 2 rings (SSSR count). The van der Waals surface area contributed by atoms with Crippen LogP contribution in [0.1, 0.15) is 5.56 Å². The third kappa shape index (κ3) is 3.09. The van der Waals surface area contributed by atoms with Gasteiger partial charge in [-0.05, 0) is 23.7 Å². The van der Waals surface area contributed by atoms with E-state index in [-0.39, 0.29) is 11.3 Å². The first-order valence-corrected chi connectivity index (χ1v) is 5.74. The van der Waals surface area contributed by atoms with E-state index in [1.807, 2.05) is 6.07 Å². The van der Waals surface area contributed by atoms with E-state index in [0.717, 1.165) is 0 Å². The quantitative estimate of drug-likeness (QED) is 0.855. The Morgan fingerprint density at radius 3 is 2.63 bits per heavy atom. The van der Waals surface area contributed by atoms with Crippen molar-refractivity contribution in [3.05, 3.63) is 35.1 Å². The van der Waals surface area contributed by atoms with Crippen molar-refractivity contribution >= 4 is 17.5 Å². The first-order chi connectivity index (χ1) is 9.10. The van der Waals surface area contributed by atoms with Crippen LogP contribution in [-0.4, -0.2) is 29.0 Å². The highest BCUT2D eigenvalue weighted by atomic mass is 35.5. The summed E-state index contributed by atoms with van der Waals surface area (Å²) in [6.45, 7) is 0. The number of rotatable bonds is 3. The van der Waals surface area contributed by atoms with Gasteiger partial charge in [0, 0.05) is 14.1 Å². The molecule has 0 aliphatic carbocycles. The van der Waals surface area contributed by atoms with E-state index in [1.165, 1.54) is 0 Å². The van der Waals surface area contributed by atoms with E-state index in [9.17, 15) is 0 Å². The second kappa shape index (κ2) is 5.50. The highest BCUT2D eigenvalue weighted by Crippen LogP contribution is 2.23. The number of para-hydroxylation sites is 1. The molecule has 7 heteroatoms. The molecule has 0 N–H and O–H groups in total. The minimum Gasteiger partial charge on any atom is -0.423 e. The van der Waals surface area contributed by atoms with Crippen molar-refractivity contribution in [3.63, 3.8) is 0 Å². The molecular formula is C12H10ClN5O. The predicted octanol–water partition coefficient (Wildman–Crippen LogP) is 2.25. The number of benzene rings is 1. The van der Waals surface area contributed by atoms with Crippen LogP contribution in [-0.2, 0) is 0 Å². The fraction of sp³-hybridized carbons (Fsp3) is 0.167. The van der Waals surface area contributed by atoms with E-state index in [4.69, 9.17) is 21.6 Å². The van der Waals surface area contributed by atoms with E-state index in [2.05, 4.69) is 15.0 Å². The molecule has 1 heterocycles. The van der Waals surface area contributed by atoms with E-state index in [0.29, 0.717) is 17.3 Å². The van der Waals surface area contributed by atoms with Crippen molar-refractivity contribution < 1.29 is 4.74 Å². The largest absolute Gasteiger partial charge is 0.423 e. The molecule has 0 atom stereocenters. The first-order valence-electron chi connectivity index (χ1n) is 5.36. The van der Waals surface area contributed by atoms with Crippen molar-refractivity contribution in [1.82, 2.24) is 15.0 Å². The average molecular weight is 276 g/mol. The first kappa shape index (κ1) is 13.1. The van der Waals surface area contributed by atoms with Gasteiger partial charge in [-0.3, -0.25) is 0 Å². The van der Waals surface area contributed by atoms with Crippen molar-refractivity contribution in [2.75, 3.05) is 19.0 Å². The molecule has 2 aromatic rings. The molecule has 96 valence electrons. The zero-order valence-electron chi connectivity index (χ0n) is 10.3. The predicted molar refractivity (Wildman–Crippen MR) is 70.4 cm³/mol. The molecule has 0 aliphatic heterocycles. The second-order valence-corrected chi connectivity index (χ2v) is 4.13. The number of aromatic nitrogens is 3. The number of hydrogen-bond acceptors (Lipinski definition) is 6. The standard InChI is InChI=1S/C12H10ClN5O/c1-18(2)11-15-10(13)16-12(17-11)19-9-6-4-3-5-8(9)7-14/h3-6H,1-2H3. The molecule has 0 aliphatic rings. The molecule has 0 saturated carbocycles. The van der Waals surface area contributed by atoms with Crippen LogP contribution in [0.15, 0.2) is 24.3 Å². The number of nitriles is 1. The molecule has 1 aromatic carbocycles. The van der Waals surface area contributed by atoms with Crippen LogP contribution < -0.4 is 9.64 Å². The molecule has 0 unspecified atom stereocenters. The summed E-state index contributed by atoms with van der Waals surface area (Å²) in [4.78, 5) is 13.6. The van der Waals surface area contributed by atoms with Gasteiger partial charge in [0.05, 0.1) is 5.56 Å². The third-order valence-electron chi connectivity index (χ3n) is 2.18. The summed E-state index contributed by atoms with van der Waals surface area (Å²) in [5.41, 5.74) is 0.394. The molecule has 0 spiro atoms. The number of nitrogens with zero attached hydrogens (tertiary/aromatic N) is 5. The monoisotopic (exact) mass is 275 g/mol. The van der Waals surface area contributed by atoms with Crippen molar-refractivity contribution in [2.45, 2.75) is 0 Å². The van der Waals surface area contributed by atoms with Crippen molar-refractivity contribution in [2.24, 2.45) is 0 Å². The minimum atomic E-state index is 0.0307. The van der Waals surface area contributed by atoms with E-state index < -0.39 is 0 Å². The summed E-state index contributed by atoms with van der Waals surface area (Å²) in [6.07, 6.45) is 0. The van der Waals surface area contributed by atoms with Crippen LogP contribution in [0.25, 0.3) is 0 Å². The van der Waals surface area contributed by atoms with Gasteiger partial charge in [-0.25, -0.2) is 0 Å². The maximum absolute atomic E-state index is 8.98.